The van der Waals surface area contributed by atoms with E-state index in [1.165, 1.54) is 47.3 Å². The molecule has 0 atom stereocenters. The lowest BCUT2D eigenvalue weighted by Gasteiger charge is -2.12. The molecule has 10 nitrogen and oxygen atoms in total. The van der Waals surface area contributed by atoms with Crippen molar-refractivity contribution >= 4 is 11.6 Å². The summed E-state index contributed by atoms with van der Waals surface area (Å²) in [5.41, 5.74) is -0.503. The van der Waals surface area contributed by atoms with E-state index in [1.54, 1.807) is 37.4 Å². The van der Waals surface area contributed by atoms with Crippen LogP contribution in [0.15, 0.2) is 77.9 Å². The summed E-state index contributed by atoms with van der Waals surface area (Å²) < 4.78 is 21.1. The van der Waals surface area contributed by atoms with Crippen LogP contribution in [0.5, 0.6) is 11.5 Å². The third-order valence-electron chi connectivity index (χ3n) is 4.94. The van der Waals surface area contributed by atoms with Gasteiger partial charge in [-0.25, -0.2) is 9.07 Å². The van der Waals surface area contributed by atoms with Crippen molar-refractivity contribution in [2.45, 2.75) is 13.5 Å². The van der Waals surface area contributed by atoms with Gasteiger partial charge in [-0.3, -0.25) is 24.7 Å². The maximum absolute atomic E-state index is 14.5. The van der Waals surface area contributed by atoms with Gasteiger partial charge in [0, 0.05) is 30.6 Å². The number of aromatic nitrogens is 3. The number of amides is 1. The Hall–Kier alpha value is -4.93. The SMILES string of the molecule is Cc1cc(=O)c(C(=O)NCc2ccc(Oc3cccnc3)c(F)c2)nn1-c1ccccc1[N+](=O)[O-]. The average Bonchev–Trinajstić information content (AvgIpc) is 2.85. The summed E-state index contributed by atoms with van der Waals surface area (Å²) in [6, 6.07) is 14.5. The number of ether oxygens (including phenoxy) is 1. The molecule has 0 aliphatic rings. The van der Waals surface area contributed by atoms with Gasteiger partial charge in [-0.15, -0.1) is 0 Å². The Balaban J connectivity index is 1.53. The number of para-hydroxylation sites is 2. The number of halogens is 1. The van der Waals surface area contributed by atoms with E-state index in [-0.39, 0.29) is 23.7 Å². The Kier molecular flexibility index (Phi) is 6.58. The smallest absolute Gasteiger partial charge is 0.294 e. The third kappa shape index (κ3) is 5.19. The van der Waals surface area contributed by atoms with Crippen molar-refractivity contribution in [3.63, 3.8) is 0 Å². The summed E-state index contributed by atoms with van der Waals surface area (Å²) in [5.74, 6) is -1.10. The number of hydrogen-bond donors (Lipinski definition) is 1. The van der Waals surface area contributed by atoms with E-state index in [9.17, 15) is 24.1 Å². The molecule has 2 aromatic heterocycles. The number of pyridine rings is 1. The van der Waals surface area contributed by atoms with E-state index >= 15 is 0 Å². The fourth-order valence-electron chi connectivity index (χ4n) is 3.28. The molecule has 0 fully saturated rings. The van der Waals surface area contributed by atoms with Crippen LogP contribution in [0.3, 0.4) is 0 Å². The summed E-state index contributed by atoms with van der Waals surface area (Å²) in [6.45, 7) is 1.45. The van der Waals surface area contributed by atoms with E-state index in [0.717, 1.165) is 0 Å². The fraction of sp³-hybridized carbons (Fsp3) is 0.0833. The molecule has 0 saturated heterocycles. The van der Waals surface area contributed by atoms with Crippen molar-refractivity contribution in [1.82, 2.24) is 20.1 Å². The van der Waals surface area contributed by atoms with Crippen LogP contribution in [0.1, 0.15) is 21.7 Å². The summed E-state index contributed by atoms with van der Waals surface area (Å²) in [6.07, 6.45) is 3.01. The molecule has 2 aromatic carbocycles. The van der Waals surface area contributed by atoms with Crippen LogP contribution in [0.4, 0.5) is 10.1 Å². The summed E-state index contributed by atoms with van der Waals surface area (Å²) >= 11 is 0. The molecule has 0 aliphatic carbocycles. The molecular formula is C24H18FN5O5. The van der Waals surface area contributed by atoms with Gasteiger partial charge in [-0.1, -0.05) is 18.2 Å². The first-order chi connectivity index (χ1) is 16.8. The van der Waals surface area contributed by atoms with Crippen LogP contribution in [-0.4, -0.2) is 25.6 Å². The number of hydrogen-bond acceptors (Lipinski definition) is 7. The highest BCUT2D eigenvalue weighted by Crippen LogP contribution is 2.25. The van der Waals surface area contributed by atoms with Crippen LogP contribution in [0.25, 0.3) is 5.69 Å². The zero-order chi connectivity index (χ0) is 24.9. The first kappa shape index (κ1) is 23.2. The minimum atomic E-state index is -0.807. The molecule has 0 radical (unpaired) electrons. The highest BCUT2D eigenvalue weighted by atomic mass is 19.1. The number of nitro benzene ring substituents is 1. The first-order valence-electron chi connectivity index (χ1n) is 10.3. The molecule has 1 amide bonds. The molecule has 0 bridgehead atoms. The number of rotatable bonds is 7. The number of nitrogens with one attached hydrogen (secondary N) is 1. The normalized spacial score (nSPS) is 10.6. The number of nitro groups is 1. The number of carbonyl (C=O) groups is 1. The lowest BCUT2D eigenvalue weighted by molar-refractivity contribution is -0.384. The first-order valence-corrected chi connectivity index (χ1v) is 10.3. The molecule has 0 unspecified atom stereocenters. The van der Waals surface area contributed by atoms with E-state index in [1.807, 2.05) is 0 Å². The molecular weight excluding hydrogens is 457 g/mol. The Labute approximate surface area is 197 Å². The second kappa shape index (κ2) is 9.91. The standard InChI is InChI=1S/C24H18FN5O5/c1-15-11-21(31)23(28-29(15)19-6-2-3-7-20(19)30(33)34)24(32)27-13-16-8-9-22(18(25)12-16)35-17-5-4-10-26-14-17/h2-12,14H,13H2,1H3,(H,27,32). The van der Waals surface area contributed by atoms with Crippen LogP contribution in [0.2, 0.25) is 0 Å². The topological polar surface area (TPSA) is 129 Å². The maximum Gasteiger partial charge on any atom is 0.294 e. The molecule has 0 saturated carbocycles. The zero-order valence-electron chi connectivity index (χ0n) is 18.3. The van der Waals surface area contributed by atoms with Crippen LogP contribution >= 0.6 is 0 Å². The van der Waals surface area contributed by atoms with Crippen molar-refractivity contribution in [3.8, 4) is 17.2 Å². The van der Waals surface area contributed by atoms with E-state index in [0.29, 0.717) is 17.0 Å². The fourth-order valence-corrected chi connectivity index (χ4v) is 3.28. The van der Waals surface area contributed by atoms with Crippen molar-refractivity contribution in [2.75, 3.05) is 0 Å². The van der Waals surface area contributed by atoms with E-state index in [4.69, 9.17) is 4.74 Å². The second-order valence-electron chi connectivity index (χ2n) is 7.39. The molecule has 176 valence electrons. The van der Waals surface area contributed by atoms with Gasteiger partial charge < -0.3 is 10.1 Å². The highest BCUT2D eigenvalue weighted by molar-refractivity contribution is 5.92. The Bertz CT molecular complexity index is 1470. The molecule has 1 N–H and O–H groups in total. The highest BCUT2D eigenvalue weighted by Gasteiger charge is 2.20. The van der Waals surface area contributed by atoms with Gasteiger partial charge in [0.15, 0.2) is 17.3 Å². The van der Waals surface area contributed by atoms with Crippen molar-refractivity contribution in [3.05, 3.63) is 116 Å². The minimum Gasteiger partial charge on any atom is -0.453 e. The summed E-state index contributed by atoms with van der Waals surface area (Å²) in [7, 11) is 0. The second-order valence-corrected chi connectivity index (χ2v) is 7.39. The van der Waals surface area contributed by atoms with E-state index < -0.39 is 27.8 Å². The molecule has 35 heavy (non-hydrogen) atoms. The van der Waals surface area contributed by atoms with E-state index in [2.05, 4.69) is 15.4 Å². The molecule has 11 heteroatoms. The van der Waals surface area contributed by atoms with Crippen molar-refractivity contribution < 1.29 is 18.8 Å². The van der Waals surface area contributed by atoms with Crippen molar-refractivity contribution in [1.29, 1.82) is 0 Å². The predicted octanol–water partition coefficient (Wildman–Crippen LogP) is 3.71. The molecule has 4 rings (SSSR count). The third-order valence-corrected chi connectivity index (χ3v) is 4.94. The van der Waals surface area contributed by atoms with Gasteiger partial charge in [0.05, 0.1) is 11.1 Å². The quantitative estimate of drug-likeness (QED) is 0.319. The maximum atomic E-state index is 14.5. The lowest BCUT2D eigenvalue weighted by Crippen LogP contribution is -2.31. The average molecular weight is 475 g/mol. The number of aryl methyl sites for hydroxylation is 1. The Morgan fingerprint density at radius 2 is 1.97 bits per heavy atom. The number of benzene rings is 2. The molecule has 4 aromatic rings. The van der Waals surface area contributed by atoms with Crippen LogP contribution in [-0.2, 0) is 6.54 Å². The van der Waals surface area contributed by atoms with Crippen LogP contribution < -0.4 is 15.5 Å². The van der Waals surface area contributed by atoms with Gasteiger partial charge in [0.2, 0.25) is 5.43 Å². The Morgan fingerprint density at radius 3 is 2.69 bits per heavy atom. The summed E-state index contributed by atoms with van der Waals surface area (Å²) in [5, 5.41) is 18.0. The zero-order valence-corrected chi connectivity index (χ0v) is 18.3. The summed E-state index contributed by atoms with van der Waals surface area (Å²) in [4.78, 5) is 39.8. The van der Waals surface area contributed by atoms with Gasteiger partial charge in [0.25, 0.3) is 11.6 Å². The largest absolute Gasteiger partial charge is 0.453 e. The van der Waals surface area contributed by atoms with Gasteiger partial charge in [0.1, 0.15) is 11.4 Å². The predicted molar refractivity (Wildman–Crippen MR) is 123 cm³/mol. The lowest BCUT2D eigenvalue weighted by atomic mass is 10.2. The monoisotopic (exact) mass is 475 g/mol. The molecule has 0 spiro atoms. The minimum absolute atomic E-state index is 0.0133. The number of nitrogens with zero attached hydrogens (tertiary/aromatic N) is 4. The van der Waals surface area contributed by atoms with Gasteiger partial charge in [-0.2, -0.15) is 5.10 Å². The Morgan fingerprint density at radius 1 is 1.17 bits per heavy atom. The van der Waals surface area contributed by atoms with Crippen LogP contribution in [0, 0.1) is 22.9 Å². The molecule has 0 aliphatic heterocycles. The van der Waals surface area contributed by atoms with Crippen molar-refractivity contribution in [2.24, 2.45) is 0 Å². The number of carbonyl (C=O) groups excluding carboxylic acids is 1. The molecule has 2 heterocycles. The van der Waals surface area contributed by atoms with Gasteiger partial charge >= 0.3 is 0 Å². The van der Waals surface area contributed by atoms with Gasteiger partial charge in [-0.05, 0) is 42.8 Å².